The number of carbonyl (C=O) groups is 1. The van der Waals surface area contributed by atoms with Crippen molar-refractivity contribution in [3.63, 3.8) is 0 Å². The van der Waals surface area contributed by atoms with Crippen molar-refractivity contribution in [2.45, 2.75) is 13.5 Å². The van der Waals surface area contributed by atoms with E-state index >= 15 is 0 Å². The molecular formula is C13H21N3O3S2. The van der Waals surface area contributed by atoms with Crippen LogP contribution in [0.5, 0.6) is 0 Å². The monoisotopic (exact) mass is 331 g/mol. The van der Waals surface area contributed by atoms with E-state index < -0.39 is 21.8 Å². The van der Waals surface area contributed by atoms with Crippen molar-refractivity contribution in [2.75, 3.05) is 32.4 Å². The largest absolute Gasteiger partial charge is 0.369 e. The molecule has 1 atom stereocenters. The first kappa shape index (κ1) is 16.4. The van der Waals surface area contributed by atoms with Crippen molar-refractivity contribution < 1.29 is 13.2 Å². The molecule has 2 heterocycles. The van der Waals surface area contributed by atoms with E-state index in [2.05, 4.69) is 17.0 Å². The van der Waals surface area contributed by atoms with Crippen LogP contribution in [0.3, 0.4) is 0 Å². The van der Waals surface area contributed by atoms with E-state index in [0.717, 1.165) is 6.54 Å². The number of sulfonamides is 1. The number of aryl methyl sites for hydroxylation is 1. The Balaban J connectivity index is 2.12. The highest BCUT2D eigenvalue weighted by atomic mass is 32.2. The molecule has 0 saturated carbocycles. The van der Waals surface area contributed by atoms with Crippen LogP contribution in [-0.2, 0) is 21.4 Å². The first-order valence-corrected chi connectivity index (χ1v) is 9.44. The number of rotatable bonds is 4. The van der Waals surface area contributed by atoms with Crippen molar-refractivity contribution in [1.82, 2.24) is 9.21 Å². The molecule has 2 N–H and O–H groups in total. The fourth-order valence-electron chi connectivity index (χ4n) is 2.47. The Bertz CT molecular complexity index is 612. The van der Waals surface area contributed by atoms with Gasteiger partial charge in [0.2, 0.25) is 15.9 Å². The second-order valence-corrected chi connectivity index (χ2v) is 8.82. The van der Waals surface area contributed by atoms with Crippen molar-refractivity contribution >= 4 is 27.3 Å². The van der Waals surface area contributed by atoms with Gasteiger partial charge in [-0.1, -0.05) is 0 Å². The highest BCUT2D eigenvalue weighted by molar-refractivity contribution is 7.88. The highest BCUT2D eigenvalue weighted by Crippen LogP contribution is 2.20. The average Bonchev–Trinajstić information content (AvgIpc) is 2.63. The molecule has 8 heteroatoms. The lowest BCUT2D eigenvalue weighted by Gasteiger charge is -2.21. The fourth-order valence-corrected chi connectivity index (χ4v) is 4.26. The molecule has 1 aliphatic rings. The molecule has 118 valence electrons. The van der Waals surface area contributed by atoms with Gasteiger partial charge in [-0.2, -0.15) is 0 Å². The van der Waals surface area contributed by atoms with Crippen LogP contribution in [0.4, 0.5) is 0 Å². The minimum Gasteiger partial charge on any atom is -0.369 e. The molecule has 1 amide bonds. The lowest BCUT2D eigenvalue weighted by Crippen LogP contribution is -2.40. The quantitative estimate of drug-likeness (QED) is 0.856. The number of amides is 1. The number of nitrogens with zero attached hydrogens (tertiary/aromatic N) is 2. The molecule has 1 saturated heterocycles. The maximum absolute atomic E-state index is 11.7. The van der Waals surface area contributed by atoms with Gasteiger partial charge in [-0.15, -0.1) is 11.3 Å². The summed E-state index contributed by atoms with van der Waals surface area (Å²) in [6, 6.07) is 4.13. The van der Waals surface area contributed by atoms with Crippen molar-refractivity contribution in [3.8, 4) is 0 Å². The molecule has 0 aliphatic carbocycles. The highest BCUT2D eigenvalue weighted by Gasteiger charge is 2.30. The van der Waals surface area contributed by atoms with Crippen molar-refractivity contribution in [3.05, 3.63) is 21.9 Å². The van der Waals surface area contributed by atoms with Gasteiger partial charge in [-0.3, -0.25) is 9.69 Å². The van der Waals surface area contributed by atoms with Crippen LogP contribution in [-0.4, -0.2) is 56.0 Å². The van der Waals surface area contributed by atoms with E-state index in [9.17, 15) is 13.2 Å². The zero-order valence-electron chi connectivity index (χ0n) is 12.3. The maximum atomic E-state index is 11.7. The van der Waals surface area contributed by atoms with Crippen LogP contribution < -0.4 is 5.73 Å². The number of carbonyl (C=O) groups excluding carboxylic acids is 1. The van der Waals surface area contributed by atoms with E-state index in [0.29, 0.717) is 19.6 Å². The molecule has 1 aromatic rings. The zero-order valence-corrected chi connectivity index (χ0v) is 13.9. The first-order chi connectivity index (χ1) is 9.75. The van der Waals surface area contributed by atoms with E-state index in [1.165, 1.54) is 20.3 Å². The van der Waals surface area contributed by atoms with Gasteiger partial charge in [-0.25, -0.2) is 12.7 Å². The molecule has 1 aromatic heterocycles. The summed E-state index contributed by atoms with van der Waals surface area (Å²) in [6.07, 6.45) is 1.17. The van der Waals surface area contributed by atoms with Crippen molar-refractivity contribution in [2.24, 2.45) is 11.7 Å². The normalized spacial score (nSPS) is 22.1. The molecule has 0 aromatic carbocycles. The van der Waals surface area contributed by atoms with Crippen LogP contribution in [0.25, 0.3) is 0 Å². The second-order valence-electron chi connectivity index (χ2n) is 5.47. The second kappa shape index (κ2) is 6.43. The third kappa shape index (κ3) is 4.50. The summed E-state index contributed by atoms with van der Waals surface area (Å²) in [7, 11) is -3.31. The van der Waals surface area contributed by atoms with Crippen LogP contribution >= 0.6 is 11.3 Å². The summed E-state index contributed by atoms with van der Waals surface area (Å²) in [4.78, 5) is 16.1. The summed E-state index contributed by atoms with van der Waals surface area (Å²) in [6.45, 7) is 4.45. The molecule has 21 heavy (non-hydrogen) atoms. The number of primary amides is 1. The SMILES string of the molecule is Cc1ccc(CN2CCN(S(C)(=O)=O)C[C@@H](C(N)=O)C2)s1. The third-order valence-corrected chi connectivity index (χ3v) is 5.87. The lowest BCUT2D eigenvalue weighted by atomic mass is 10.1. The summed E-state index contributed by atoms with van der Waals surface area (Å²) in [5.41, 5.74) is 5.42. The summed E-state index contributed by atoms with van der Waals surface area (Å²) >= 11 is 1.71. The Labute approximate surface area is 129 Å². The zero-order chi connectivity index (χ0) is 15.6. The number of hydrogen-bond acceptors (Lipinski definition) is 5. The lowest BCUT2D eigenvalue weighted by molar-refractivity contribution is -0.122. The van der Waals surface area contributed by atoms with Gasteiger partial charge in [0.05, 0.1) is 12.2 Å². The number of hydrogen-bond donors (Lipinski definition) is 1. The van der Waals surface area contributed by atoms with E-state index in [4.69, 9.17) is 5.73 Å². The molecule has 0 unspecified atom stereocenters. The number of nitrogens with two attached hydrogens (primary N) is 1. The molecule has 1 aliphatic heterocycles. The summed E-state index contributed by atoms with van der Waals surface area (Å²) < 4.78 is 24.8. The smallest absolute Gasteiger partial charge is 0.223 e. The van der Waals surface area contributed by atoms with E-state index in [1.54, 1.807) is 11.3 Å². The Morgan fingerprint density at radius 1 is 1.38 bits per heavy atom. The van der Waals surface area contributed by atoms with Gasteiger partial charge in [-0.05, 0) is 19.1 Å². The number of thiophene rings is 1. The van der Waals surface area contributed by atoms with Gasteiger partial charge < -0.3 is 5.73 Å². The molecule has 0 spiro atoms. The Hall–Kier alpha value is -0.960. The van der Waals surface area contributed by atoms with E-state index in [-0.39, 0.29) is 6.54 Å². The molecular weight excluding hydrogens is 310 g/mol. The van der Waals surface area contributed by atoms with Crippen LogP contribution in [0, 0.1) is 12.8 Å². The van der Waals surface area contributed by atoms with Crippen LogP contribution in [0.15, 0.2) is 12.1 Å². The summed E-state index contributed by atoms with van der Waals surface area (Å²) in [5, 5.41) is 0. The third-order valence-electron chi connectivity index (χ3n) is 3.62. The van der Waals surface area contributed by atoms with Crippen molar-refractivity contribution in [1.29, 1.82) is 0 Å². The predicted octanol–water partition coefficient (Wildman–Crippen LogP) is 0.235. The van der Waals surface area contributed by atoms with Gasteiger partial charge in [0, 0.05) is 42.5 Å². The van der Waals surface area contributed by atoms with Gasteiger partial charge >= 0.3 is 0 Å². The topological polar surface area (TPSA) is 83.7 Å². The molecule has 1 fully saturated rings. The average molecular weight is 331 g/mol. The standard InChI is InChI=1S/C13H21N3O3S2/c1-10-3-4-12(20-10)9-15-5-6-16(21(2,18)19)8-11(7-15)13(14)17/h3-4,11H,5-9H2,1-2H3,(H2,14,17)/t11-/m0/s1. The molecule has 0 radical (unpaired) electrons. The van der Waals surface area contributed by atoms with Gasteiger partial charge in [0.25, 0.3) is 0 Å². The van der Waals surface area contributed by atoms with Gasteiger partial charge in [0.15, 0.2) is 0 Å². The minimum atomic E-state index is -3.31. The van der Waals surface area contributed by atoms with Crippen LogP contribution in [0.2, 0.25) is 0 Å². The molecule has 2 rings (SSSR count). The Morgan fingerprint density at radius 2 is 2.10 bits per heavy atom. The Morgan fingerprint density at radius 3 is 2.62 bits per heavy atom. The molecule has 6 nitrogen and oxygen atoms in total. The van der Waals surface area contributed by atoms with E-state index in [1.807, 2.05) is 6.92 Å². The Kier molecular flexibility index (Phi) is 5.03. The maximum Gasteiger partial charge on any atom is 0.223 e. The molecule has 0 bridgehead atoms. The minimum absolute atomic E-state index is 0.175. The van der Waals surface area contributed by atoms with Crippen LogP contribution in [0.1, 0.15) is 9.75 Å². The summed E-state index contributed by atoms with van der Waals surface area (Å²) in [5.74, 6) is -0.916. The predicted molar refractivity (Wildman–Crippen MR) is 83.4 cm³/mol. The van der Waals surface area contributed by atoms with Gasteiger partial charge in [0.1, 0.15) is 0 Å². The fraction of sp³-hybridized carbons (Fsp3) is 0.615. The first-order valence-electron chi connectivity index (χ1n) is 6.78.